The van der Waals surface area contributed by atoms with Gasteiger partial charge in [-0.2, -0.15) is 8.42 Å². The Hall–Kier alpha value is -2.73. The molecule has 0 atom stereocenters. The van der Waals surface area contributed by atoms with Gasteiger partial charge in [0.15, 0.2) is 0 Å². The van der Waals surface area contributed by atoms with Crippen LogP contribution >= 0.6 is 11.3 Å². The van der Waals surface area contributed by atoms with E-state index in [0.717, 1.165) is 23.8 Å². The molecule has 158 valence electrons. The molecule has 29 heavy (non-hydrogen) atoms. The molecule has 0 aliphatic heterocycles. The molecule has 0 bridgehead atoms. The summed E-state index contributed by atoms with van der Waals surface area (Å²) in [5, 5.41) is 15.8. The van der Waals surface area contributed by atoms with Crippen molar-refractivity contribution >= 4 is 26.5 Å². The summed E-state index contributed by atoms with van der Waals surface area (Å²) in [5.41, 5.74) is -0.777. The molecule has 1 N–H and O–H groups in total. The average molecular weight is 444 g/mol. The molecule has 0 aliphatic rings. The number of rotatable bonds is 10. The van der Waals surface area contributed by atoms with E-state index in [9.17, 15) is 23.2 Å². The zero-order valence-corrected chi connectivity index (χ0v) is 17.5. The SMILES string of the molecule is CCCCCCn1c(O)c(N=O)s/c(=N\OS(=O)(=O)c2ccc(OC)cc2)c1=O. The summed E-state index contributed by atoms with van der Waals surface area (Å²) in [6, 6.07) is 5.37. The highest BCUT2D eigenvalue weighted by Crippen LogP contribution is 2.27. The van der Waals surface area contributed by atoms with Gasteiger partial charge in [-0.3, -0.25) is 13.6 Å². The van der Waals surface area contributed by atoms with E-state index in [1.165, 1.54) is 31.4 Å². The molecule has 1 heterocycles. The van der Waals surface area contributed by atoms with E-state index in [1.807, 2.05) is 6.92 Å². The fourth-order valence-electron chi connectivity index (χ4n) is 2.40. The van der Waals surface area contributed by atoms with Crippen LogP contribution in [0.1, 0.15) is 32.6 Å². The highest BCUT2D eigenvalue weighted by molar-refractivity contribution is 7.86. The lowest BCUT2D eigenvalue weighted by molar-refractivity contribution is 0.324. The standard InChI is InChI=1S/C17H21N3O7S2/c1-3-4-5-6-11-20-16(21)14(18-23)28-15(17(20)22)19-27-29(24,25)13-9-7-12(26-2)8-10-13/h7-10,21H,3-6,11H2,1-2H3/b19-15-. The van der Waals surface area contributed by atoms with Crippen molar-refractivity contribution < 1.29 is 22.5 Å². The third-order valence-corrected chi connectivity index (χ3v) is 5.97. The molecule has 0 unspecified atom stereocenters. The Bertz CT molecular complexity index is 1070. The van der Waals surface area contributed by atoms with Crippen molar-refractivity contribution in [2.75, 3.05) is 7.11 Å². The molecular weight excluding hydrogens is 422 g/mol. The lowest BCUT2D eigenvalue weighted by atomic mass is 10.2. The molecule has 0 aliphatic carbocycles. The van der Waals surface area contributed by atoms with Crippen molar-refractivity contribution in [3.8, 4) is 11.6 Å². The van der Waals surface area contributed by atoms with Crippen molar-refractivity contribution in [2.45, 2.75) is 44.0 Å². The van der Waals surface area contributed by atoms with Crippen molar-refractivity contribution in [2.24, 2.45) is 10.3 Å². The zero-order chi connectivity index (χ0) is 21.4. The Morgan fingerprint density at radius 1 is 1.17 bits per heavy atom. The lowest BCUT2D eigenvalue weighted by Gasteiger charge is -2.08. The lowest BCUT2D eigenvalue weighted by Crippen LogP contribution is -2.33. The molecule has 2 aromatic rings. The second-order valence-corrected chi connectivity index (χ2v) is 8.45. The maximum Gasteiger partial charge on any atom is 0.358 e. The Labute approximate surface area is 171 Å². The number of methoxy groups -OCH3 is 1. The largest absolute Gasteiger partial charge is 0.497 e. The van der Waals surface area contributed by atoms with E-state index in [1.54, 1.807) is 0 Å². The normalized spacial score (nSPS) is 12.0. The van der Waals surface area contributed by atoms with Crippen molar-refractivity contribution in [1.82, 2.24) is 4.57 Å². The zero-order valence-electron chi connectivity index (χ0n) is 15.9. The Morgan fingerprint density at radius 3 is 2.45 bits per heavy atom. The van der Waals surface area contributed by atoms with E-state index in [-0.39, 0.29) is 11.4 Å². The van der Waals surface area contributed by atoms with Crippen LogP contribution in [0.25, 0.3) is 0 Å². The van der Waals surface area contributed by atoms with E-state index in [0.29, 0.717) is 23.5 Å². The van der Waals surface area contributed by atoms with Crippen LogP contribution in [0.3, 0.4) is 0 Å². The van der Waals surface area contributed by atoms with Crippen LogP contribution in [0.4, 0.5) is 5.00 Å². The molecule has 0 amide bonds. The van der Waals surface area contributed by atoms with Crippen molar-refractivity contribution in [3.05, 3.63) is 44.2 Å². The Morgan fingerprint density at radius 2 is 1.86 bits per heavy atom. The highest BCUT2D eigenvalue weighted by Gasteiger charge is 2.18. The molecule has 0 saturated heterocycles. The number of hydrogen-bond donors (Lipinski definition) is 1. The second-order valence-electron chi connectivity index (χ2n) is 5.94. The first-order valence-corrected chi connectivity index (χ1v) is 11.0. The summed E-state index contributed by atoms with van der Waals surface area (Å²) >= 11 is 0.437. The van der Waals surface area contributed by atoms with Gasteiger partial charge in [0.1, 0.15) is 10.6 Å². The number of unbranched alkanes of at least 4 members (excludes halogenated alkanes) is 3. The summed E-state index contributed by atoms with van der Waals surface area (Å²) in [5.74, 6) is -0.127. The van der Waals surface area contributed by atoms with Gasteiger partial charge in [-0.15, -0.1) is 4.91 Å². The van der Waals surface area contributed by atoms with Crippen LogP contribution in [0.2, 0.25) is 0 Å². The number of hydrogen-bond acceptors (Lipinski definition) is 10. The van der Waals surface area contributed by atoms with Crippen LogP contribution in [-0.4, -0.2) is 25.2 Å². The summed E-state index contributed by atoms with van der Waals surface area (Å²) in [6.45, 7) is 2.16. The molecule has 0 radical (unpaired) electrons. The number of ether oxygens (including phenoxy) is 1. The maximum absolute atomic E-state index is 12.5. The van der Waals surface area contributed by atoms with Gasteiger partial charge >= 0.3 is 10.1 Å². The molecule has 0 fully saturated rings. The summed E-state index contributed by atoms with van der Waals surface area (Å²) in [6.07, 6.45) is 3.33. The number of aromatic hydroxyl groups is 1. The van der Waals surface area contributed by atoms with Crippen LogP contribution < -0.4 is 15.0 Å². The van der Waals surface area contributed by atoms with Gasteiger partial charge in [-0.05, 0) is 41.0 Å². The first-order valence-electron chi connectivity index (χ1n) is 8.76. The van der Waals surface area contributed by atoms with E-state index in [2.05, 4.69) is 14.6 Å². The number of nitroso groups, excluding NO2 is 1. The molecular formula is C17H21N3O7S2. The van der Waals surface area contributed by atoms with E-state index < -0.39 is 31.2 Å². The third-order valence-electron chi connectivity index (χ3n) is 3.95. The van der Waals surface area contributed by atoms with Crippen LogP contribution in [0.15, 0.2) is 44.3 Å². The van der Waals surface area contributed by atoms with Gasteiger partial charge in [-0.25, -0.2) is 0 Å². The summed E-state index contributed by atoms with van der Waals surface area (Å²) < 4.78 is 34.6. The van der Waals surface area contributed by atoms with Gasteiger partial charge in [0.2, 0.25) is 15.6 Å². The van der Waals surface area contributed by atoms with Crippen molar-refractivity contribution in [3.63, 3.8) is 0 Å². The molecule has 12 heteroatoms. The Kier molecular flexibility index (Phi) is 7.91. The first kappa shape index (κ1) is 22.6. The number of aromatic nitrogens is 1. The minimum Gasteiger partial charge on any atom is -0.497 e. The smallest absolute Gasteiger partial charge is 0.358 e. The minimum absolute atomic E-state index is 0.133. The van der Waals surface area contributed by atoms with Crippen LogP contribution in [0.5, 0.6) is 11.6 Å². The van der Waals surface area contributed by atoms with Crippen LogP contribution in [0, 0.1) is 4.91 Å². The van der Waals surface area contributed by atoms with Gasteiger partial charge < -0.3 is 9.84 Å². The molecule has 0 saturated carbocycles. The summed E-state index contributed by atoms with van der Waals surface area (Å²) in [4.78, 5) is 23.3. The highest BCUT2D eigenvalue weighted by atomic mass is 32.2. The van der Waals surface area contributed by atoms with Gasteiger partial charge in [-0.1, -0.05) is 37.5 Å². The fourth-order valence-corrected chi connectivity index (χ4v) is 3.87. The van der Waals surface area contributed by atoms with Crippen molar-refractivity contribution in [1.29, 1.82) is 0 Å². The van der Waals surface area contributed by atoms with E-state index in [4.69, 9.17) is 4.74 Å². The quantitative estimate of drug-likeness (QED) is 0.339. The monoisotopic (exact) mass is 443 g/mol. The Balaban J connectivity index is 2.37. The van der Waals surface area contributed by atoms with E-state index >= 15 is 0 Å². The molecule has 2 rings (SSSR count). The first-order chi connectivity index (χ1) is 13.8. The second kappa shape index (κ2) is 10.2. The average Bonchev–Trinajstić information content (AvgIpc) is 2.72. The number of benzene rings is 1. The number of nitrogens with zero attached hydrogens (tertiary/aromatic N) is 3. The molecule has 0 spiro atoms. The molecule has 1 aromatic carbocycles. The fraction of sp³-hybridized carbons (Fsp3) is 0.412. The topological polar surface area (TPSA) is 137 Å². The summed E-state index contributed by atoms with van der Waals surface area (Å²) in [7, 11) is -2.86. The predicted molar refractivity (Wildman–Crippen MR) is 107 cm³/mol. The van der Waals surface area contributed by atoms with Gasteiger partial charge in [0, 0.05) is 6.54 Å². The molecule has 10 nitrogen and oxygen atoms in total. The van der Waals surface area contributed by atoms with Crippen LogP contribution in [-0.2, 0) is 20.9 Å². The third kappa shape index (κ3) is 5.64. The minimum atomic E-state index is -4.30. The molecule has 1 aromatic heterocycles. The predicted octanol–water partition coefficient (Wildman–Crippen LogP) is 2.82. The maximum atomic E-state index is 12.5. The van der Waals surface area contributed by atoms with Gasteiger partial charge in [0.25, 0.3) is 5.56 Å². The van der Waals surface area contributed by atoms with Gasteiger partial charge in [0.05, 0.1) is 7.11 Å².